The molecule has 1 heterocycles. The zero-order chi connectivity index (χ0) is 16.6. The van der Waals surface area contributed by atoms with Gasteiger partial charge in [-0.15, -0.1) is 0 Å². The highest BCUT2D eigenvalue weighted by atomic mass is 16.1. The predicted molar refractivity (Wildman–Crippen MR) is 95.8 cm³/mol. The maximum absolute atomic E-state index is 11.9. The highest BCUT2D eigenvalue weighted by Gasteiger charge is 1.99. The van der Waals surface area contributed by atoms with E-state index < -0.39 is 0 Å². The SMILES string of the molecule is O=C(/C=C/c1cnn(-c2ccccc2)c1)NCCc1ccccc1. The average molecular weight is 317 g/mol. The number of rotatable bonds is 6. The molecule has 0 atom stereocenters. The van der Waals surface area contributed by atoms with Gasteiger partial charge in [-0.2, -0.15) is 5.10 Å². The van der Waals surface area contributed by atoms with Crippen LogP contribution < -0.4 is 5.32 Å². The van der Waals surface area contributed by atoms with E-state index in [2.05, 4.69) is 22.5 Å². The van der Waals surface area contributed by atoms with Crippen LogP contribution in [0.1, 0.15) is 11.1 Å². The van der Waals surface area contributed by atoms with Crippen LogP contribution in [-0.4, -0.2) is 22.2 Å². The van der Waals surface area contributed by atoms with Crippen molar-refractivity contribution < 1.29 is 4.79 Å². The smallest absolute Gasteiger partial charge is 0.244 e. The predicted octanol–water partition coefficient (Wildman–Crippen LogP) is 3.24. The number of carbonyl (C=O) groups excluding carboxylic acids is 1. The molecular formula is C20H19N3O. The lowest BCUT2D eigenvalue weighted by molar-refractivity contribution is -0.116. The Morgan fingerprint density at radius 3 is 2.50 bits per heavy atom. The van der Waals surface area contributed by atoms with Crippen molar-refractivity contribution in [2.75, 3.05) is 6.54 Å². The third-order valence-corrected chi connectivity index (χ3v) is 3.61. The normalized spacial score (nSPS) is 10.8. The van der Waals surface area contributed by atoms with Crippen molar-refractivity contribution in [3.63, 3.8) is 0 Å². The lowest BCUT2D eigenvalue weighted by atomic mass is 10.1. The van der Waals surface area contributed by atoms with Crippen LogP contribution in [0.3, 0.4) is 0 Å². The molecule has 0 saturated carbocycles. The van der Waals surface area contributed by atoms with Gasteiger partial charge < -0.3 is 5.32 Å². The molecule has 0 aliphatic rings. The zero-order valence-corrected chi connectivity index (χ0v) is 13.3. The Morgan fingerprint density at radius 1 is 1.04 bits per heavy atom. The van der Waals surface area contributed by atoms with Gasteiger partial charge in [-0.05, 0) is 30.2 Å². The summed E-state index contributed by atoms with van der Waals surface area (Å²) in [5, 5.41) is 7.19. The van der Waals surface area contributed by atoms with Crippen molar-refractivity contribution in [3.05, 3.63) is 90.3 Å². The van der Waals surface area contributed by atoms with Gasteiger partial charge in [0.15, 0.2) is 0 Å². The molecule has 0 aliphatic heterocycles. The van der Waals surface area contributed by atoms with Crippen molar-refractivity contribution in [2.45, 2.75) is 6.42 Å². The minimum atomic E-state index is -0.0987. The van der Waals surface area contributed by atoms with Crippen LogP contribution >= 0.6 is 0 Å². The van der Waals surface area contributed by atoms with E-state index in [0.717, 1.165) is 17.7 Å². The van der Waals surface area contributed by atoms with Gasteiger partial charge in [0.1, 0.15) is 0 Å². The summed E-state index contributed by atoms with van der Waals surface area (Å²) in [5.41, 5.74) is 3.09. The number of hydrogen-bond acceptors (Lipinski definition) is 2. The maximum Gasteiger partial charge on any atom is 0.244 e. The first-order valence-corrected chi connectivity index (χ1v) is 7.91. The average Bonchev–Trinajstić information content (AvgIpc) is 3.11. The van der Waals surface area contributed by atoms with E-state index >= 15 is 0 Å². The first kappa shape index (κ1) is 15.7. The van der Waals surface area contributed by atoms with Crippen LogP contribution in [-0.2, 0) is 11.2 Å². The molecule has 0 spiro atoms. The van der Waals surface area contributed by atoms with Gasteiger partial charge in [-0.25, -0.2) is 4.68 Å². The van der Waals surface area contributed by atoms with Crippen molar-refractivity contribution >= 4 is 12.0 Å². The molecule has 0 fully saturated rings. The summed E-state index contributed by atoms with van der Waals surface area (Å²) in [7, 11) is 0. The Bertz CT molecular complexity index is 807. The fourth-order valence-corrected chi connectivity index (χ4v) is 2.35. The van der Waals surface area contributed by atoms with Gasteiger partial charge in [-0.3, -0.25) is 4.79 Å². The van der Waals surface area contributed by atoms with Crippen LogP contribution in [0.25, 0.3) is 11.8 Å². The van der Waals surface area contributed by atoms with E-state index in [1.54, 1.807) is 17.0 Å². The largest absolute Gasteiger partial charge is 0.352 e. The van der Waals surface area contributed by atoms with Gasteiger partial charge in [-0.1, -0.05) is 48.5 Å². The molecule has 0 radical (unpaired) electrons. The van der Waals surface area contributed by atoms with E-state index in [1.807, 2.05) is 54.7 Å². The molecule has 4 nitrogen and oxygen atoms in total. The molecule has 0 unspecified atom stereocenters. The van der Waals surface area contributed by atoms with Crippen LogP contribution in [0.4, 0.5) is 0 Å². The van der Waals surface area contributed by atoms with Gasteiger partial charge in [0, 0.05) is 24.4 Å². The Labute approximate surface area is 141 Å². The van der Waals surface area contributed by atoms with Crippen molar-refractivity contribution in [2.24, 2.45) is 0 Å². The number of amides is 1. The Hall–Kier alpha value is -3.14. The number of carbonyl (C=O) groups is 1. The minimum absolute atomic E-state index is 0.0987. The standard InChI is InChI=1S/C20H19N3O/c24-20(21-14-13-17-7-3-1-4-8-17)12-11-18-15-22-23(16-18)19-9-5-2-6-10-19/h1-12,15-16H,13-14H2,(H,21,24)/b12-11+. The lowest BCUT2D eigenvalue weighted by Gasteiger charge is -2.02. The number of nitrogens with zero attached hydrogens (tertiary/aromatic N) is 2. The zero-order valence-electron chi connectivity index (χ0n) is 13.3. The number of aromatic nitrogens is 2. The second kappa shape index (κ2) is 7.92. The summed E-state index contributed by atoms with van der Waals surface area (Å²) in [5.74, 6) is -0.0987. The van der Waals surface area contributed by atoms with E-state index in [9.17, 15) is 4.79 Å². The summed E-state index contributed by atoms with van der Waals surface area (Å²) in [6.45, 7) is 0.621. The van der Waals surface area contributed by atoms with Gasteiger partial charge in [0.05, 0.1) is 11.9 Å². The molecule has 4 heteroatoms. The fourth-order valence-electron chi connectivity index (χ4n) is 2.35. The lowest BCUT2D eigenvalue weighted by Crippen LogP contribution is -2.23. The van der Waals surface area contributed by atoms with E-state index in [-0.39, 0.29) is 5.91 Å². The highest BCUT2D eigenvalue weighted by Crippen LogP contribution is 2.08. The molecule has 2 aromatic carbocycles. The summed E-state index contributed by atoms with van der Waals surface area (Å²) in [4.78, 5) is 11.9. The van der Waals surface area contributed by atoms with Crippen LogP contribution in [0, 0.1) is 0 Å². The topological polar surface area (TPSA) is 46.9 Å². The molecule has 0 bridgehead atoms. The number of para-hydroxylation sites is 1. The van der Waals surface area contributed by atoms with E-state index in [0.29, 0.717) is 6.54 Å². The summed E-state index contributed by atoms with van der Waals surface area (Å²) in [6.07, 6.45) is 7.76. The fraction of sp³-hybridized carbons (Fsp3) is 0.100. The van der Waals surface area contributed by atoms with Crippen LogP contribution in [0.15, 0.2) is 79.1 Å². The van der Waals surface area contributed by atoms with Crippen molar-refractivity contribution in [1.29, 1.82) is 0 Å². The molecule has 0 aliphatic carbocycles. The molecular weight excluding hydrogens is 298 g/mol. The molecule has 1 aromatic heterocycles. The van der Waals surface area contributed by atoms with E-state index in [4.69, 9.17) is 0 Å². The maximum atomic E-state index is 11.9. The molecule has 3 aromatic rings. The van der Waals surface area contributed by atoms with Crippen LogP contribution in [0.2, 0.25) is 0 Å². The number of benzene rings is 2. The minimum Gasteiger partial charge on any atom is -0.352 e. The highest BCUT2D eigenvalue weighted by molar-refractivity contribution is 5.91. The molecule has 3 rings (SSSR count). The van der Waals surface area contributed by atoms with Crippen molar-refractivity contribution in [1.82, 2.24) is 15.1 Å². The summed E-state index contributed by atoms with van der Waals surface area (Å²) >= 11 is 0. The number of hydrogen-bond donors (Lipinski definition) is 1. The van der Waals surface area contributed by atoms with Crippen molar-refractivity contribution in [3.8, 4) is 5.69 Å². The Morgan fingerprint density at radius 2 is 1.75 bits per heavy atom. The Balaban J connectivity index is 1.50. The third kappa shape index (κ3) is 4.43. The molecule has 1 amide bonds. The molecule has 120 valence electrons. The van der Waals surface area contributed by atoms with Gasteiger partial charge in [0.2, 0.25) is 5.91 Å². The van der Waals surface area contributed by atoms with E-state index in [1.165, 1.54) is 11.6 Å². The molecule has 1 N–H and O–H groups in total. The second-order valence-corrected chi connectivity index (χ2v) is 5.41. The first-order valence-electron chi connectivity index (χ1n) is 7.91. The monoisotopic (exact) mass is 317 g/mol. The van der Waals surface area contributed by atoms with Gasteiger partial charge in [0.25, 0.3) is 0 Å². The second-order valence-electron chi connectivity index (χ2n) is 5.41. The number of nitrogens with one attached hydrogen (secondary N) is 1. The molecule has 24 heavy (non-hydrogen) atoms. The summed E-state index contributed by atoms with van der Waals surface area (Å²) < 4.78 is 1.78. The third-order valence-electron chi connectivity index (χ3n) is 3.61. The first-order chi connectivity index (χ1) is 11.8. The van der Waals surface area contributed by atoms with Gasteiger partial charge >= 0.3 is 0 Å². The Kier molecular flexibility index (Phi) is 5.20. The molecule has 0 saturated heterocycles. The quantitative estimate of drug-likeness (QED) is 0.710. The summed E-state index contributed by atoms with van der Waals surface area (Å²) in [6, 6.07) is 20.0. The van der Waals surface area contributed by atoms with Crippen LogP contribution in [0.5, 0.6) is 0 Å².